The molecule has 0 saturated heterocycles. The fraction of sp³-hybridized carbons (Fsp3) is 0.818. The van der Waals surface area contributed by atoms with Gasteiger partial charge in [0.05, 0.1) is 0 Å². The van der Waals surface area contributed by atoms with Gasteiger partial charge in [-0.3, -0.25) is 0 Å². The van der Waals surface area contributed by atoms with Crippen LogP contribution in [0.2, 0.25) is 0 Å². The van der Waals surface area contributed by atoms with Crippen molar-refractivity contribution in [1.82, 2.24) is 10.1 Å². The van der Waals surface area contributed by atoms with Crippen molar-refractivity contribution in [3.8, 4) is 0 Å². The summed E-state index contributed by atoms with van der Waals surface area (Å²) < 4.78 is 5.15. The van der Waals surface area contributed by atoms with Gasteiger partial charge in [-0.15, -0.1) is 0 Å². The first-order chi connectivity index (χ1) is 7.38. The summed E-state index contributed by atoms with van der Waals surface area (Å²) in [5.74, 6) is 2.43. The zero-order valence-electron chi connectivity index (χ0n) is 8.98. The van der Waals surface area contributed by atoms with E-state index in [-0.39, 0.29) is 6.61 Å². The van der Waals surface area contributed by atoms with Crippen LogP contribution in [0, 0.1) is 5.92 Å². The highest BCUT2D eigenvalue weighted by atomic mass is 16.5. The molecule has 0 aliphatic heterocycles. The zero-order chi connectivity index (χ0) is 10.5. The minimum Gasteiger partial charge on any atom is -0.396 e. The second-order valence-electron chi connectivity index (χ2n) is 4.29. The molecule has 0 unspecified atom stereocenters. The Labute approximate surface area is 89.7 Å². The summed E-state index contributed by atoms with van der Waals surface area (Å²) in [5, 5.41) is 12.6. The van der Waals surface area contributed by atoms with Crippen LogP contribution in [0.25, 0.3) is 0 Å². The zero-order valence-corrected chi connectivity index (χ0v) is 8.98. The van der Waals surface area contributed by atoms with Gasteiger partial charge in [0.15, 0.2) is 5.82 Å². The number of aliphatic hydroxyl groups is 1. The van der Waals surface area contributed by atoms with E-state index in [9.17, 15) is 0 Å². The van der Waals surface area contributed by atoms with Gasteiger partial charge < -0.3 is 9.63 Å². The molecule has 0 spiro atoms. The Bertz CT molecular complexity index is 295. The van der Waals surface area contributed by atoms with Crippen LogP contribution in [0.3, 0.4) is 0 Å². The van der Waals surface area contributed by atoms with Gasteiger partial charge in [0.2, 0.25) is 5.89 Å². The van der Waals surface area contributed by atoms with Crippen LogP contribution in [0.1, 0.15) is 43.8 Å². The number of nitrogens with zero attached hydrogens (tertiary/aromatic N) is 2. The number of hydrogen-bond donors (Lipinski definition) is 1. The van der Waals surface area contributed by atoms with Crippen molar-refractivity contribution >= 4 is 0 Å². The van der Waals surface area contributed by atoms with Crippen LogP contribution >= 0.6 is 0 Å². The summed E-state index contributed by atoms with van der Waals surface area (Å²) in [6.45, 7) is 0.275. The summed E-state index contributed by atoms with van der Waals surface area (Å²) in [6.07, 6.45) is 7.38. The number of aryl methyl sites for hydroxylation is 1. The molecular weight excluding hydrogens is 192 g/mol. The minimum atomic E-state index is 0.275. The Morgan fingerprint density at radius 1 is 1.27 bits per heavy atom. The first-order valence-corrected chi connectivity index (χ1v) is 5.81. The van der Waals surface area contributed by atoms with E-state index < -0.39 is 0 Å². The van der Waals surface area contributed by atoms with Crippen LogP contribution in [0.15, 0.2) is 4.52 Å². The van der Waals surface area contributed by atoms with Crippen molar-refractivity contribution in [3.05, 3.63) is 11.7 Å². The molecule has 0 bridgehead atoms. The third-order valence-corrected chi connectivity index (χ3v) is 2.73. The van der Waals surface area contributed by atoms with E-state index in [4.69, 9.17) is 9.63 Å². The molecule has 0 amide bonds. The molecule has 1 aromatic rings. The predicted molar refractivity (Wildman–Crippen MR) is 55.4 cm³/mol. The van der Waals surface area contributed by atoms with E-state index in [2.05, 4.69) is 10.1 Å². The molecule has 1 aliphatic rings. The fourth-order valence-corrected chi connectivity index (χ4v) is 1.62. The molecule has 1 aromatic heterocycles. The topological polar surface area (TPSA) is 59.2 Å². The number of rotatable bonds is 7. The molecular formula is C11H18N2O2. The van der Waals surface area contributed by atoms with Gasteiger partial charge in [-0.25, -0.2) is 0 Å². The lowest BCUT2D eigenvalue weighted by Crippen LogP contribution is -1.91. The lowest BCUT2D eigenvalue weighted by Gasteiger charge is -1.93. The molecule has 2 rings (SSSR count). The lowest BCUT2D eigenvalue weighted by molar-refractivity contribution is 0.281. The van der Waals surface area contributed by atoms with E-state index in [0.717, 1.165) is 49.7 Å². The van der Waals surface area contributed by atoms with E-state index in [1.54, 1.807) is 0 Å². The molecule has 15 heavy (non-hydrogen) atoms. The van der Waals surface area contributed by atoms with E-state index in [0.29, 0.717) is 0 Å². The molecule has 84 valence electrons. The van der Waals surface area contributed by atoms with E-state index >= 15 is 0 Å². The van der Waals surface area contributed by atoms with Gasteiger partial charge in [0, 0.05) is 19.4 Å². The second-order valence-corrected chi connectivity index (χ2v) is 4.29. The Morgan fingerprint density at radius 3 is 2.87 bits per heavy atom. The number of hydrogen-bond acceptors (Lipinski definition) is 4. The van der Waals surface area contributed by atoms with E-state index in [1.165, 1.54) is 12.8 Å². The molecule has 4 nitrogen and oxygen atoms in total. The van der Waals surface area contributed by atoms with Gasteiger partial charge in [-0.1, -0.05) is 11.6 Å². The van der Waals surface area contributed by atoms with Crippen molar-refractivity contribution in [3.63, 3.8) is 0 Å². The summed E-state index contributed by atoms with van der Waals surface area (Å²) in [6, 6.07) is 0. The van der Waals surface area contributed by atoms with Crippen LogP contribution in [-0.2, 0) is 12.8 Å². The maximum absolute atomic E-state index is 8.62. The lowest BCUT2D eigenvalue weighted by atomic mass is 10.2. The summed E-state index contributed by atoms with van der Waals surface area (Å²) in [5.41, 5.74) is 0. The van der Waals surface area contributed by atoms with Crippen molar-refractivity contribution in [1.29, 1.82) is 0 Å². The van der Waals surface area contributed by atoms with Crippen molar-refractivity contribution in [2.45, 2.75) is 44.9 Å². The Morgan fingerprint density at radius 2 is 2.13 bits per heavy atom. The first kappa shape index (κ1) is 10.6. The molecule has 1 saturated carbocycles. The molecule has 0 aromatic carbocycles. The minimum absolute atomic E-state index is 0.275. The standard InChI is InChI=1S/C11H18N2O2/c14-7-3-1-2-4-11-12-10(13-15-11)8-9-5-6-9/h9,14H,1-8H2. The Hall–Kier alpha value is -0.900. The van der Waals surface area contributed by atoms with Gasteiger partial charge in [0.1, 0.15) is 0 Å². The second kappa shape index (κ2) is 5.26. The number of aliphatic hydroxyl groups excluding tert-OH is 1. The monoisotopic (exact) mass is 210 g/mol. The van der Waals surface area contributed by atoms with E-state index in [1.807, 2.05) is 0 Å². The van der Waals surface area contributed by atoms with Gasteiger partial charge in [-0.2, -0.15) is 4.98 Å². The average Bonchev–Trinajstić information content (AvgIpc) is 2.93. The summed E-state index contributed by atoms with van der Waals surface area (Å²) >= 11 is 0. The largest absolute Gasteiger partial charge is 0.396 e. The number of unbranched alkanes of at least 4 members (excludes halogenated alkanes) is 2. The summed E-state index contributed by atoms with van der Waals surface area (Å²) in [4.78, 5) is 4.35. The van der Waals surface area contributed by atoms with Gasteiger partial charge >= 0.3 is 0 Å². The molecule has 1 N–H and O–H groups in total. The highest BCUT2D eigenvalue weighted by Crippen LogP contribution is 2.31. The molecule has 1 heterocycles. The molecule has 1 aliphatic carbocycles. The van der Waals surface area contributed by atoms with Crippen molar-refractivity contribution in [2.75, 3.05) is 6.61 Å². The number of aromatic nitrogens is 2. The Balaban J connectivity index is 1.69. The quantitative estimate of drug-likeness (QED) is 0.696. The maximum Gasteiger partial charge on any atom is 0.226 e. The molecule has 0 atom stereocenters. The van der Waals surface area contributed by atoms with Gasteiger partial charge in [0.25, 0.3) is 0 Å². The van der Waals surface area contributed by atoms with Crippen molar-refractivity contribution in [2.24, 2.45) is 5.92 Å². The highest BCUT2D eigenvalue weighted by Gasteiger charge is 2.23. The summed E-state index contributed by atoms with van der Waals surface area (Å²) in [7, 11) is 0. The molecule has 4 heteroatoms. The van der Waals surface area contributed by atoms with Gasteiger partial charge in [-0.05, 0) is 31.6 Å². The average molecular weight is 210 g/mol. The van der Waals surface area contributed by atoms with Crippen LogP contribution in [0.4, 0.5) is 0 Å². The molecule has 0 radical (unpaired) electrons. The van der Waals surface area contributed by atoms with Crippen LogP contribution < -0.4 is 0 Å². The predicted octanol–water partition coefficient (Wildman–Crippen LogP) is 1.73. The maximum atomic E-state index is 8.62. The third kappa shape index (κ3) is 3.63. The SMILES string of the molecule is OCCCCCc1nc(CC2CC2)no1. The van der Waals surface area contributed by atoms with Crippen LogP contribution in [-0.4, -0.2) is 21.9 Å². The molecule has 1 fully saturated rings. The normalized spacial score (nSPS) is 15.8. The highest BCUT2D eigenvalue weighted by molar-refractivity contribution is 4.92. The van der Waals surface area contributed by atoms with Crippen molar-refractivity contribution < 1.29 is 9.63 Å². The van der Waals surface area contributed by atoms with Crippen LogP contribution in [0.5, 0.6) is 0 Å². The fourth-order valence-electron chi connectivity index (χ4n) is 1.62. The third-order valence-electron chi connectivity index (χ3n) is 2.73. The smallest absolute Gasteiger partial charge is 0.226 e. The first-order valence-electron chi connectivity index (χ1n) is 5.81. The Kier molecular flexibility index (Phi) is 3.72.